The molecule has 2 heterocycles. The lowest BCUT2D eigenvalue weighted by molar-refractivity contribution is -0.115. The van der Waals surface area contributed by atoms with E-state index in [1.165, 1.54) is 11.8 Å². The Labute approximate surface area is 190 Å². The number of hydrogen-bond acceptors (Lipinski definition) is 4. The number of methoxy groups -OCH3 is 1. The Kier molecular flexibility index (Phi) is 5.94. The number of nitrogens with one attached hydrogen (secondary N) is 1. The molecule has 2 aromatic carbocycles. The molecule has 1 aromatic heterocycles. The number of benzene rings is 2. The van der Waals surface area contributed by atoms with Crippen molar-refractivity contribution in [2.45, 2.75) is 20.8 Å². The maximum absolute atomic E-state index is 12.6. The summed E-state index contributed by atoms with van der Waals surface area (Å²) in [7, 11) is 1.61. The smallest absolute Gasteiger partial charge is 0.264 e. The summed E-state index contributed by atoms with van der Waals surface area (Å²) in [4.78, 5) is 17.8. The van der Waals surface area contributed by atoms with Gasteiger partial charge in [-0.05, 0) is 86.1 Å². The van der Waals surface area contributed by atoms with Gasteiger partial charge in [-0.2, -0.15) is 0 Å². The van der Waals surface area contributed by atoms with Crippen molar-refractivity contribution in [1.82, 2.24) is 9.88 Å². The first-order valence-electron chi connectivity index (χ1n) is 9.75. The number of amidine groups is 1. The number of amides is 1. The topological polar surface area (TPSA) is 55.6 Å². The minimum atomic E-state index is -0.164. The quantitative estimate of drug-likeness (QED) is 0.498. The molecule has 0 bridgehead atoms. The molecule has 158 valence electrons. The molecular formula is C24H22ClN3O2S. The van der Waals surface area contributed by atoms with Crippen LogP contribution >= 0.6 is 23.4 Å². The first kappa shape index (κ1) is 21.3. The van der Waals surface area contributed by atoms with E-state index < -0.39 is 0 Å². The summed E-state index contributed by atoms with van der Waals surface area (Å²) in [6.45, 7) is 6.06. The molecule has 7 heteroatoms. The molecule has 1 aliphatic rings. The van der Waals surface area contributed by atoms with Crippen molar-refractivity contribution in [3.8, 4) is 11.4 Å². The Bertz CT molecular complexity index is 1240. The second-order valence-electron chi connectivity index (χ2n) is 7.30. The van der Waals surface area contributed by atoms with Crippen molar-refractivity contribution in [2.75, 3.05) is 7.11 Å². The molecule has 31 heavy (non-hydrogen) atoms. The second-order valence-corrected chi connectivity index (χ2v) is 8.77. The van der Waals surface area contributed by atoms with Gasteiger partial charge in [0.15, 0.2) is 5.17 Å². The summed E-state index contributed by atoms with van der Waals surface area (Å²) in [5, 5.41) is 4.06. The molecule has 1 aliphatic heterocycles. The van der Waals surface area contributed by atoms with Crippen molar-refractivity contribution >= 4 is 46.2 Å². The van der Waals surface area contributed by atoms with Gasteiger partial charge in [-0.25, -0.2) is 4.99 Å². The van der Waals surface area contributed by atoms with E-state index in [0.717, 1.165) is 28.2 Å². The van der Waals surface area contributed by atoms with Crippen LogP contribution in [0, 0.1) is 20.8 Å². The van der Waals surface area contributed by atoms with E-state index in [2.05, 4.69) is 20.9 Å². The summed E-state index contributed by atoms with van der Waals surface area (Å²) in [6, 6.07) is 15.6. The van der Waals surface area contributed by atoms with Gasteiger partial charge in [0, 0.05) is 22.1 Å². The number of aromatic nitrogens is 1. The molecule has 1 fully saturated rings. The minimum Gasteiger partial charge on any atom is -0.494 e. The predicted molar refractivity (Wildman–Crippen MR) is 129 cm³/mol. The number of halogens is 1. The minimum absolute atomic E-state index is 0.164. The van der Waals surface area contributed by atoms with Crippen LogP contribution in [0.25, 0.3) is 11.8 Å². The first-order valence-corrected chi connectivity index (χ1v) is 10.9. The Morgan fingerprint density at radius 1 is 1.13 bits per heavy atom. The molecule has 3 aromatic rings. The van der Waals surface area contributed by atoms with Gasteiger partial charge >= 0.3 is 0 Å². The van der Waals surface area contributed by atoms with Gasteiger partial charge in [0.25, 0.3) is 5.91 Å². The van der Waals surface area contributed by atoms with E-state index in [0.29, 0.717) is 26.5 Å². The molecule has 0 atom stereocenters. The van der Waals surface area contributed by atoms with Crippen LogP contribution in [0.4, 0.5) is 5.69 Å². The highest BCUT2D eigenvalue weighted by molar-refractivity contribution is 8.18. The zero-order chi connectivity index (χ0) is 22.1. The van der Waals surface area contributed by atoms with Gasteiger partial charge < -0.3 is 14.6 Å². The van der Waals surface area contributed by atoms with Crippen molar-refractivity contribution in [1.29, 1.82) is 0 Å². The van der Waals surface area contributed by atoms with E-state index in [1.807, 2.05) is 69.3 Å². The van der Waals surface area contributed by atoms with E-state index in [1.54, 1.807) is 7.11 Å². The van der Waals surface area contributed by atoms with Crippen molar-refractivity contribution in [3.05, 3.63) is 81.0 Å². The fraction of sp³-hybridized carbons (Fsp3) is 0.167. The molecule has 4 rings (SSSR count). The third-order valence-corrected chi connectivity index (χ3v) is 6.18. The van der Waals surface area contributed by atoms with Crippen LogP contribution in [0.2, 0.25) is 5.02 Å². The lowest BCUT2D eigenvalue weighted by Crippen LogP contribution is -2.19. The summed E-state index contributed by atoms with van der Waals surface area (Å²) in [5.41, 5.74) is 5.82. The number of aryl methyl sites for hydroxylation is 2. The zero-order valence-corrected chi connectivity index (χ0v) is 19.3. The van der Waals surface area contributed by atoms with Gasteiger partial charge in [-0.3, -0.25) is 4.79 Å². The number of nitrogens with zero attached hydrogens (tertiary/aromatic N) is 2. The Hall–Kier alpha value is -2.96. The fourth-order valence-corrected chi connectivity index (χ4v) is 4.57. The molecular weight excluding hydrogens is 430 g/mol. The number of ether oxygens (including phenoxy) is 1. The lowest BCUT2D eigenvalue weighted by Gasteiger charge is -2.10. The highest BCUT2D eigenvalue weighted by Crippen LogP contribution is 2.34. The molecule has 0 spiro atoms. The van der Waals surface area contributed by atoms with Crippen LogP contribution in [0.15, 0.2) is 58.4 Å². The van der Waals surface area contributed by atoms with Gasteiger partial charge in [0.1, 0.15) is 11.4 Å². The van der Waals surface area contributed by atoms with Gasteiger partial charge in [-0.15, -0.1) is 0 Å². The standard InChI is InChI=1S/C24H22ClN3O2S/c1-14-8-9-21(30-4)20(10-14)26-24-27-23(29)22(31-24)12-17-11-15(2)28(16(17)3)19-7-5-6-18(25)13-19/h5-13H,1-4H3,(H,26,27,29)/b22-12-. The summed E-state index contributed by atoms with van der Waals surface area (Å²) in [6.07, 6.45) is 1.90. The van der Waals surface area contributed by atoms with Crippen molar-refractivity contribution in [2.24, 2.45) is 4.99 Å². The van der Waals surface area contributed by atoms with E-state index in [-0.39, 0.29) is 5.91 Å². The zero-order valence-electron chi connectivity index (χ0n) is 17.7. The average molecular weight is 452 g/mol. The molecule has 1 saturated heterocycles. The third-order valence-electron chi connectivity index (χ3n) is 5.03. The number of thioether (sulfide) groups is 1. The number of rotatable bonds is 4. The number of carbonyl (C=O) groups is 1. The summed E-state index contributed by atoms with van der Waals surface area (Å²) < 4.78 is 7.51. The SMILES string of the molecule is COc1ccc(C)cc1N=C1NC(=O)/C(=C/c2cc(C)n(-c3cccc(Cl)c3)c2C)S1. The maximum Gasteiger partial charge on any atom is 0.264 e. The maximum atomic E-state index is 12.6. The van der Waals surface area contributed by atoms with Crippen LogP contribution in [0.5, 0.6) is 5.75 Å². The van der Waals surface area contributed by atoms with E-state index >= 15 is 0 Å². The van der Waals surface area contributed by atoms with Gasteiger partial charge in [0.05, 0.1) is 12.0 Å². The number of aliphatic imine (C=N–C) groups is 1. The van der Waals surface area contributed by atoms with Crippen LogP contribution in [-0.4, -0.2) is 22.8 Å². The molecule has 0 radical (unpaired) electrons. The monoisotopic (exact) mass is 451 g/mol. The highest BCUT2D eigenvalue weighted by atomic mass is 35.5. The largest absolute Gasteiger partial charge is 0.494 e. The predicted octanol–water partition coefficient (Wildman–Crippen LogP) is 5.96. The van der Waals surface area contributed by atoms with Crippen LogP contribution in [0.3, 0.4) is 0 Å². The third kappa shape index (κ3) is 4.40. The first-order chi connectivity index (χ1) is 14.9. The Balaban J connectivity index is 1.66. The van der Waals surface area contributed by atoms with Crippen LogP contribution < -0.4 is 10.1 Å². The van der Waals surface area contributed by atoms with Gasteiger partial charge in [0.2, 0.25) is 0 Å². The highest BCUT2D eigenvalue weighted by Gasteiger charge is 2.25. The van der Waals surface area contributed by atoms with E-state index in [4.69, 9.17) is 16.3 Å². The van der Waals surface area contributed by atoms with Crippen molar-refractivity contribution < 1.29 is 9.53 Å². The molecule has 0 aliphatic carbocycles. The average Bonchev–Trinajstić information content (AvgIpc) is 3.20. The molecule has 0 unspecified atom stereocenters. The molecule has 0 saturated carbocycles. The van der Waals surface area contributed by atoms with Crippen molar-refractivity contribution in [3.63, 3.8) is 0 Å². The Morgan fingerprint density at radius 2 is 1.94 bits per heavy atom. The van der Waals surface area contributed by atoms with Gasteiger partial charge in [-0.1, -0.05) is 23.7 Å². The fourth-order valence-electron chi connectivity index (χ4n) is 3.56. The Morgan fingerprint density at radius 3 is 2.68 bits per heavy atom. The van der Waals surface area contributed by atoms with Crippen LogP contribution in [-0.2, 0) is 4.79 Å². The van der Waals surface area contributed by atoms with E-state index in [9.17, 15) is 4.79 Å². The second kappa shape index (κ2) is 8.65. The van der Waals surface area contributed by atoms with Crippen LogP contribution in [0.1, 0.15) is 22.5 Å². The molecule has 1 N–H and O–H groups in total. The summed E-state index contributed by atoms with van der Waals surface area (Å²) in [5.74, 6) is 0.498. The number of carbonyl (C=O) groups excluding carboxylic acids is 1. The molecule has 5 nitrogen and oxygen atoms in total. The normalized spacial score (nSPS) is 16.2. The summed E-state index contributed by atoms with van der Waals surface area (Å²) >= 11 is 7.49. The lowest BCUT2D eigenvalue weighted by atomic mass is 10.2. The molecule has 1 amide bonds. The number of hydrogen-bond donors (Lipinski definition) is 1.